The maximum absolute atomic E-state index is 5.79. The van der Waals surface area contributed by atoms with Crippen molar-refractivity contribution in [2.45, 2.75) is 0 Å². The van der Waals surface area contributed by atoms with Crippen LogP contribution in [0, 0.1) is 0 Å². The molecule has 0 atom stereocenters. The van der Waals surface area contributed by atoms with E-state index in [1.807, 2.05) is 42.5 Å². The Balaban J connectivity index is 1.71. The van der Waals surface area contributed by atoms with E-state index >= 15 is 0 Å². The second kappa shape index (κ2) is 7.09. The summed E-state index contributed by atoms with van der Waals surface area (Å²) in [5, 5.41) is 7.92. The number of nitrogens with two attached hydrogens (primary N) is 1. The zero-order valence-electron chi connectivity index (χ0n) is 12.4. The summed E-state index contributed by atoms with van der Waals surface area (Å²) in [6, 6.07) is 18.3. The van der Waals surface area contributed by atoms with Crippen LogP contribution in [-0.2, 0) is 0 Å². The molecule has 5 nitrogen and oxygen atoms in total. The molecule has 2 aromatic carbocycles. The van der Waals surface area contributed by atoms with Crippen molar-refractivity contribution in [3.63, 3.8) is 0 Å². The number of benzene rings is 2. The number of rotatable bonds is 4. The first-order valence-electron chi connectivity index (χ1n) is 7.11. The minimum Gasteiger partial charge on any atom is -0.380 e. The fraction of sp³-hybridized carbons (Fsp3) is 0. The third kappa shape index (κ3) is 3.85. The smallest absolute Gasteiger partial charge is 0.173 e. The molecule has 1 aromatic heterocycles. The molecule has 0 fully saturated rings. The summed E-state index contributed by atoms with van der Waals surface area (Å²) in [4.78, 5) is 7.99. The van der Waals surface area contributed by atoms with Gasteiger partial charge in [0.05, 0.1) is 12.4 Å². The molecule has 3 aromatic rings. The van der Waals surface area contributed by atoms with Crippen LogP contribution in [0.4, 0.5) is 0 Å². The highest BCUT2D eigenvalue weighted by Gasteiger charge is 1.98. The van der Waals surface area contributed by atoms with E-state index in [9.17, 15) is 0 Å². The highest BCUT2D eigenvalue weighted by Crippen LogP contribution is 2.18. The summed E-state index contributed by atoms with van der Waals surface area (Å²) in [5.41, 5.74) is 9.58. The molecule has 3 rings (SSSR count). The highest BCUT2D eigenvalue weighted by atomic mass is 15.2. The van der Waals surface area contributed by atoms with Crippen molar-refractivity contribution in [3.05, 3.63) is 84.4 Å². The van der Waals surface area contributed by atoms with Gasteiger partial charge in [0.2, 0.25) is 0 Å². The summed E-state index contributed by atoms with van der Waals surface area (Å²) < 4.78 is 0. The summed E-state index contributed by atoms with van der Waals surface area (Å²) >= 11 is 0. The quantitative estimate of drug-likeness (QED) is 0.457. The first kappa shape index (κ1) is 14.6. The van der Waals surface area contributed by atoms with Gasteiger partial charge in [-0.1, -0.05) is 54.6 Å². The molecule has 0 amide bonds. The van der Waals surface area contributed by atoms with Gasteiger partial charge in [0, 0.05) is 12.4 Å². The van der Waals surface area contributed by atoms with Crippen LogP contribution in [0.5, 0.6) is 0 Å². The van der Waals surface area contributed by atoms with Crippen molar-refractivity contribution < 1.29 is 0 Å². The highest BCUT2D eigenvalue weighted by molar-refractivity contribution is 5.95. The van der Waals surface area contributed by atoms with Gasteiger partial charge in [0.1, 0.15) is 5.69 Å². The fourth-order valence-electron chi connectivity index (χ4n) is 2.03. The van der Waals surface area contributed by atoms with Crippen LogP contribution in [0.15, 0.2) is 83.4 Å². The van der Waals surface area contributed by atoms with Gasteiger partial charge in [-0.3, -0.25) is 4.98 Å². The number of nitrogens with zero attached hydrogens (tertiary/aromatic N) is 4. The monoisotopic (exact) mass is 301 g/mol. The third-order valence-electron chi connectivity index (χ3n) is 3.22. The maximum atomic E-state index is 5.79. The SMILES string of the molecule is N/C(=N\N=C\c1ccc(-c2ccccc2)cc1)c1cnccn1. The van der Waals surface area contributed by atoms with Gasteiger partial charge in [-0.2, -0.15) is 5.10 Å². The Bertz CT molecular complexity index is 809. The molecule has 0 saturated carbocycles. The third-order valence-corrected chi connectivity index (χ3v) is 3.22. The van der Waals surface area contributed by atoms with Crippen molar-refractivity contribution in [1.82, 2.24) is 9.97 Å². The van der Waals surface area contributed by atoms with Crippen LogP contribution in [0.2, 0.25) is 0 Å². The lowest BCUT2D eigenvalue weighted by atomic mass is 10.0. The molecule has 0 aliphatic rings. The number of hydrogen-bond acceptors (Lipinski definition) is 4. The first-order chi connectivity index (χ1) is 11.3. The largest absolute Gasteiger partial charge is 0.380 e. The van der Waals surface area contributed by atoms with Crippen LogP contribution in [0.3, 0.4) is 0 Å². The molecule has 112 valence electrons. The normalized spacial score (nSPS) is 11.7. The Morgan fingerprint density at radius 3 is 2.35 bits per heavy atom. The van der Waals surface area contributed by atoms with Crippen molar-refractivity contribution in [2.24, 2.45) is 15.9 Å². The predicted octanol–water partition coefficient (Wildman–Crippen LogP) is 2.88. The van der Waals surface area contributed by atoms with Crippen molar-refractivity contribution >= 4 is 12.1 Å². The topological polar surface area (TPSA) is 76.5 Å². The molecule has 0 aliphatic carbocycles. The fourth-order valence-corrected chi connectivity index (χ4v) is 2.03. The van der Waals surface area contributed by atoms with E-state index < -0.39 is 0 Å². The Kier molecular flexibility index (Phi) is 4.49. The zero-order valence-corrected chi connectivity index (χ0v) is 12.4. The Morgan fingerprint density at radius 1 is 0.913 bits per heavy atom. The molecular formula is C18H15N5. The molecular weight excluding hydrogens is 286 g/mol. The van der Waals surface area contributed by atoms with Crippen LogP contribution < -0.4 is 5.73 Å². The summed E-state index contributed by atoms with van der Waals surface area (Å²) in [5.74, 6) is 0.232. The van der Waals surface area contributed by atoms with Gasteiger partial charge in [-0.05, 0) is 16.7 Å². The number of aromatic nitrogens is 2. The lowest BCUT2D eigenvalue weighted by molar-refractivity contribution is 1.15. The molecule has 0 unspecified atom stereocenters. The molecule has 1 heterocycles. The molecule has 0 spiro atoms. The van der Waals surface area contributed by atoms with Crippen LogP contribution in [0.25, 0.3) is 11.1 Å². The Hall–Kier alpha value is -3.34. The van der Waals surface area contributed by atoms with Crippen LogP contribution in [0.1, 0.15) is 11.3 Å². The van der Waals surface area contributed by atoms with Gasteiger partial charge in [-0.25, -0.2) is 4.98 Å². The molecule has 2 N–H and O–H groups in total. The standard InChI is InChI=1S/C18H15N5/c19-18(17-13-20-10-11-21-17)23-22-12-14-6-8-16(9-7-14)15-4-2-1-3-5-15/h1-13H,(H2,19,23)/b22-12+. The maximum Gasteiger partial charge on any atom is 0.173 e. The van der Waals surface area contributed by atoms with Gasteiger partial charge >= 0.3 is 0 Å². The van der Waals surface area contributed by atoms with Crippen LogP contribution in [-0.4, -0.2) is 22.0 Å². The predicted molar refractivity (Wildman–Crippen MR) is 92.2 cm³/mol. The molecule has 23 heavy (non-hydrogen) atoms. The van der Waals surface area contributed by atoms with E-state index in [4.69, 9.17) is 5.73 Å². The Labute approximate surface area is 134 Å². The Morgan fingerprint density at radius 2 is 1.65 bits per heavy atom. The van der Waals surface area contributed by atoms with E-state index in [2.05, 4.69) is 32.3 Å². The second-order valence-corrected chi connectivity index (χ2v) is 4.81. The van der Waals surface area contributed by atoms with E-state index in [1.54, 1.807) is 24.8 Å². The van der Waals surface area contributed by atoms with E-state index in [0.717, 1.165) is 11.1 Å². The first-order valence-corrected chi connectivity index (χ1v) is 7.11. The van der Waals surface area contributed by atoms with Crippen molar-refractivity contribution in [2.75, 3.05) is 0 Å². The molecule has 0 saturated heterocycles. The molecule has 5 heteroatoms. The minimum absolute atomic E-state index is 0.232. The van der Waals surface area contributed by atoms with E-state index in [0.29, 0.717) is 5.69 Å². The molecule has 0 aliphatic heterocycles. The number of amidine groups is 1. The van der Waals surface area contributed by atoms with Crippen LogP contribution >= 0.6 is 0 Å². The zero-order chi connectivity index (χ0) is 15.9. The minimum atomic E-state index is 0.232. The molecule has 0 bridgehead atoms. The van der Waals surface area contributed by atoms with Gasteiger partial charge < -0.3 is 5.73 Å². The average Bonchev–Trinajstić information content (AvgIpc) is 2.64. The molecule has 0 radical (unpaired) electrons. The summed E-state index contributed by atoms with van der Waals surface area (Å²) in [6.07, 6.45) is 6.33. The van der Waals surface area contributed by atoms with Crippen molar-refractivity contribution in [3.8, 4) is 11.1 Å². The number of hydrogen-bond donors (Lipinski definition) is 1. The average molecular weight is 301 g/mol. The summed E-state index contributed by atoms with van der Waals surface area (Å²) in [7, 11) is 0. The van der Waals surface area contributed by atoms with Gasteiger partial charge in [0.25, 0.3) is 0 Å². The lowest BCUT2D eigenvalue weighted by Gasteiger charge is -2.01. The van der Waals surface area contributed by atoms with Gasteiger partial charge in [0.15, 0.2) is 5.84 Å². The van der Waals surface area contributed by atoms with Crippen molar-refractivity contribution in [1.29, 1.82) is 0 Å². The van der Waals surface area contributed by atoms with E-state index in [1.165, 1.54) is 5.56 Å². The second-order valence-electron chi connectivity index (χ2n) is 4.81. The van der Waals surface area contributed by atoms with Gasteiger partial charge in [-0.15, -0.1) is 5.10 Å². The lowest BCUT2D eigenvalue weighted by Crippen LogP contribution is -2.14. The summed E-state index contributed by atoms with van der Waals surface area (Å²) in [6.45, 7) is 0. The van der Waals surface area contributed by atoms with E-state index in [-0.39, 0.29) is 5.84 Å².